The van der Waals surface area contributed by atoms with E-state index < -0.39 is 16.9 Å². The minimum Gasteiger partial charge on any atom is -0.468 e. The molecule has 1 saturated carbocycles. The van der Waals surface area contributed by atoms with E-state index in [4.69, 9.17) is 10.5 Å². The summed E-state index contributed by atoms with van der Waals surface area (Å²) in [6.45, 7) is 8.79. The van der Waals surface area contributed by atoms with Crippen LogP contribution >= 0.6 is 0 Å². The Balaban J connectivity index is 2.86. The quantitative estimate of drug-likeness (QED) is 0.707. The largest absolute Gasteiger partial charge is 0.468 e. The smallest absolute Gasteiger partial charge is 0.325 e. The summed E-state index contributed by atoms with van der Waals surface area (Å²) in [5.74, 6) is -0.630. The second-order valence-electron chi connectivity index (χ2n) is 6.14. The van der Waals surface area contributed by atoms with Gasteiger partial charge in [0.1, 0.15) is 12.1 Å². The lowest BCUT2D eigenvalue weighted by molar-refractivity contribution is -0.180. The lowest BCUT2D eigenvalue weighted by Crippen LogP contribution is -2.76. The van der Waals surface area contributed by atoms with Crippen molar-refractivity contribution in [3.05, 3.63) is 0 Å². The predicted octanol–water partition coefficient (Wildman–Crippen LogP) is 0.931. The average molecular weight is 300 g/mol. The normalized spacial score (nSPS) is 26.9. The zero-order valence-corrected chi connectivity index (χ0v) is 13.8. The second-order valence-corrected chi connectivity index (χ2v) is 6.14. The van der Waals surface area contributed by atoms with Gasteiger partial charge >= 0.3 is 5.97 Å². The van der Waals surface area contributed by atoms with E-state index in [1.165, 1.54) is 12.0 Å². The van der Waals surface area contributed by atoms with Crippen LogP contribution in [0.4, 0.5) is 0 Å². The van der Waals surface area contributed by atoms with Crippen LogP contribution in [0.1, 0.15) is 40.5 Å². The van der Waals surface area contributed by atoms with Crippen molar-refractivity contribution in [3.8, 4) is 0 Å². The summed E-state index contributed by atoms with van der Waals surface area (Å²) < 4.78 is 10.3. The number of hydrogen-bond donors (Lipinski definition) is 1. The maximum atomic E-state index is 12.8. The van der Waals surface area contributed by atoms with Crippen molar-refractivity contribution < 1.29 is 19.1 Å². The van der Waals surface area contributed by atoms with Gasteiger partial charge in [0.15, 0.2) is 0 Å². The molecule has 0 aromatic rings. The Morgan fingerprint density at radius 1 is 1.33 bits per heavy atom. The van der Waals surface area contributed by atoms with Gasteiger partial charge in [-0.05, 0) is 13.3 Å². The molecule has 1 aliphatic carbocycles. The zero-order chi connectivity index (χ0) is 16.3. The SMILES string of the molecule is CCCN(CC(=O)OC)C(=O)C1(N)CC(OCC)C1(C)C. The van der Waals surface area contributed by atoms with E-state index in [-0.39, 0.29) is 18.6 Å². The predicted molar refractivity (Wildman–Crippen MR) is 79.6 cm³/mol. The van der Waals surface area contributed by atoms with E-state index >= 15 is 0 Å². The van der Waals surface area contributed by atoms with Crippen molar-refractivity contribution in [2.24, 2.45) is 11.1 Å². The topological polar surface area (TPSA) is 81.9 Å². The Labute approximate surface area is 126 Å². The first-order valence-corrected chi connectivity index (χ1v) is 7.51. The number of amides is 1. The van der Waals surface area contributed by atoms with Crippen molar-refractivity contribution in [3.63, 3.8) is 0 Å². The molecule has 6 heteroatoms. The van der Waals surface area contributed by atoms with Crippen LogP contribution in [0, 0.1) is 5.41 Å². The molecular weight excluding hydrogens is 272 g/mol. The number of carbonyl (C=O) groups excluding carboxylic acids is 2. The summed E-state index contributed by atoms with van der Waals surface area (Å²) in [6, 6.07) is 0. The zero-order valence-electron chi connectivity index (χ0n) is 13.8. The van der Waals surface area contributed by atoms with E-state index in [1.54, 1.807) is 0 Å². The van der Waals surface area contributed by atoms with Crippen LogP contribution in [0.15, 0.2) is 0 Å². The Morgan fingerprint density at radius 2 is 1.95 bits per heavy atom. The molecule has 2 atom stereocenters. The third-order valence-electron chi connectivity index (χ3n) is 4.54. The lowest BCUT2D eigenvalue weighted by atomic mass is 9.54. The summed E-state index contributed by atoms with van der Waals surface area (Å²) in [6.07, 6.45) is 1.21. The number of ether oxygens (including phenoxy) is 2. The highest BCUT2D eigenvalue weighted by Crippen LogP contribution is 2.50. The fraction of sp³-hybridized carbons (Fsp3) is 0.867. The Hall–Kier alpha value is -1.14. The summed E-state index contributed by atoms with van der Waals surface area (Å²) in [5, 5.41) is 0. The third kappa shape index (κ3) is 3.21. The fourth-order valence-electron chi connectivity index (χ4n) is 2.82. The van der Waals surface area contributed by atoms with Crippen LogP contribution < -0.4 is 5.73 Å². The van der Waals surface area contributed by atoms with Crippen molar-refractivity contribution in [2.75, 3.05) is 26.8 Å². The Bertz CT molecular complexity index is 397. The molecule has 0 radical (unpaired) electrons. The number of hydrogen-bond acceptors (Lipinski definition) is 5. The summed E-state index contributed by atoms with van der Waals surface area (Å²) in [4.78, 5) is 25.8. The van der Waals surface area contributed by atoms with Gasteiger partial charge in [-0.25, -0.2) is 0 Å². The molecule has 1 fully saturated rings. The molecule has 0 aliphatic heterocycles. The molecule has 2 unspecified atom stereocenters. The molecule has 0 spiro atoms. The first kappa shape index (κ1) is 17.9. The minimum absolute atomic E-state index is 0.0296. The van der Waals surface area contributed by atoms with Crippen LogP contribution in [-0.4, -0.2) is 55.2 Å². The monoisotopic (exact) mass is 300 g/mol. The van der Waals surface area contributed by atoms with Crippen molar-refractivity contribution in [1.29, 1.82) is 0 Å². The molecule has 122 valence electrons. The number of rotatable bonds is 7. The summed E-state index contributed by atoms with van der Waals surface area (Å²) in [5.41, 5.74) is 4.92. The molecule has 0 aromatic heterocycles. The Morgan fingerprint density at radius 3 is 2.38 bits per heavy atom. The number of esters is 1. The number of nitrogens with zero attached hydrogens (tertiary/aromatic N) is 1. The molecule has 2 N–H and O–H groups in total. The molecule has 0 heterocycles. The summed E-state index contributed by atoms with van der Waals surface area (Å²) in [7, 11) is 1.31. The molecule has 1 amide bonds. The van der Waals surface area contributed by atoms with E-state index in [2.05, 4.69) is 4.74 Å². The maximum Gasteiger partial charge on any atom is 0.325 e. The molecule has 1 rings (SSSR count). The average Bonchev–Trinajstić information content (AvgIpc) is 2.45. The second kappa shape index (κ2) is 6.75. The van der Waals surface area contributed by atoms with Gasteiger partial charge in [0.05, 0.1) is 13.2 Å². The molecule has 0 aromatic carbocycles. The van der Waals surface area contributed by atoms with Gasteiger partial charge in [0.25, 0.3) is 0 Å². The van der Waals surface area contributed by atoms with E-state index in [0.717, 1.165) is 6.42 Å². The van der Waals surface area contributed by atoms with Gasteiger partial charge in [0, 0.05) is 25.0 Å². The fourth-order valence-corrected chi connectivity index (χ4v) is 2.82. The number of nitrogens with two attached hydrogens (primary N) is 1. The molecule has 0 bridgehead atoms. The van der Waals surface area contributed by atoms with Crippen molar-refractivity contribution in [2.45, 2.75) is 52.2 Å². The van der Waals surface area contributed by atoms with E-state index in [1.807, 2.05) is 27.7 Å². The maximum absolute atomic E-state index is 12.8. The first-order valence-electron chi connectivity index (χ1n) is 7.51. The molecule has 21 heavy (non-hydrogen) atoms. The van der Waals surface area contributed by atoms with E-state index in [9.17, 15) is 9.59 Å². The van der Waals surface area contributed by atoms with Gasteiger partial charge in [0.2, 0.25) is 5.91 Å². The molecular formula is C15H28N2O4. The standard InChI is InChI=1S/C15H28N2O4/c1-6-8-17(10-12(18)20-5)13(19)15(16)9-11(21-7-2)14(15,3)4/h11H,6-10,16H2,1-5H3. The lowest BCUT2D eigenvalue weighted by Gasteiger charge is -2.58. The minimum atomic E-state index is -0.990. The van der Waals surface area contributed by atoms with Crippen LogP contribution in [0.5, 0.6) is 0 Å². The first-order chi connectivity index (χ1) is 9.74. The summed E-state index contributed by atoms with van der Waals surface area (Å²) >= 11 is 0. The van der Waals surface area contributed by atoms with Crippen LogP contribution in [0.25, 0.3) is 0 Å². The van der Waals surface area contributed by atoms with E-state index in [0.29, 0.717) is 19.6 Å². The van der Waals surface area contributed by atoms with Crippen LogP contribution in [0.2, 0.25) is 0 Å². The number of carbonyl (C=O) groups is 2. The van der Waals surface area contributed by atoms with Crippen molar-refractivity contribution in [1.82, 2.24) is 4.90 Å². The van der Waals surface area contributed by atoms with Gasteiger partial charge in [-0.1, -0.05) is 20.8 Å². The van der Waals surface area contributed by atoms with Crippen LogP contribution in [-0.2, 0) is 19.1 Å². The molecule has 6 nitrogen and oxygen atoms in total. The number of methoxy groups -OCH3 is 1. The highest BCUT2D eigenvalue weighted by Gasteiger charge is 2.63. The molecule has 1 aliphatic rings. The molecule has 0 saturated heterocycles. The van der Waals surface area contributed by atoms with Crippen LogP contribution in [0.3, 0.4) is 0 Å². The highest BCUT2D eigenvalue weighted by atomic mass is 16.5. The van der Waals surface area contributed by atoms with Gasteiger partial charge in [-0.2, -0.15) is 0 Å². The Kier molecular flexibility index (Phi) is 5.75. The van der Waals surface area contributed by atoms with Gasteiger partial charge < -0.3 is 20.1 Å². The van der Waals surface area contributed by atoms with Gasteiger partial charge in [-0.3, -0.25) is 9.59 Å². The van der Waals surface area contributed by atoms with Gasteiger partial charge in [-0.15, -0.1) is 0 Å². The third-order valence-corrected chi connectivity index (χ3v) is 4.54. The highest BCUT2D eigenvalue weighted by molar-refractivity contribution is 5.91. The van der Waals surface area contributed by atoms with Crippen molar-refractivity contribution >= 4 is 11.9 Å².